The van der Waals surface area contributed by atoms with E-state index in [4.69, 9.17) is 9.15 Å². The Morgan fingerprint density at radius 1 is 1.32 bits per heavy atom. The first-order chi connectivity index (χ1) is 13.6. The second kappa shape index (κ2) is 9.27. The lowest BCUT2D eigenvalue weighted by atomic mass is 10.2. The highest BCUT2D eigenvalue weighted by atomic mass is 32.2. The third kappa shape index (κ3) is 4.45. The summed E-state index contributed by atoms with van der Waals surface area (Å²) in [5.41, 5.74) is 0.840. The van der Waals surface area contributed by atoms with Crippen LogP contribution in [0.1, 0.15) is 5.76 Å². The van der Waals surface area contributed by atoms with E-state index in [-0.39, 0.29) is 11.7 Å². The van der Waals surface area contributed by atoms with Crippen molar-refractivity contribution in [2.24, 2.45) is 0 Å². The van der Waals surface area contributed by atoms with Gasteiger partial charge in [-0.15, -0.1) is 16.8 Å². The Kier molecular flexibility index (Phi) is 6.54. The van der Waals surface area contributed by atoms with Gasteiger partial charge in [-0.2, -0.15) is 0 Å². The predicted octanol–water partition coefficient (Wildman–Crippen LogP) is 3.48. The minimum absolute atomic E-state index is 0.0200. The molecule has 0 aliphatic carbocycles. The highest BCUT2D eigenvalue weighted by Gasteiger charge is 2.18. The molecule has 28 heavy (non-hydrogen) atoms. The van der Waals surface area contributed by atoms with Crippen LogP contribution in [0.2, 0.25) is 0 Å². The largest absolute Gasteiger partial charge is 0.496 e. The molecule has 0 saturated carbocycles. The van der Waals surface area contributed by atoms with Gasteiger partial charge in [0.25, 0.3) is 0 Å². The Hall–Kier alpha value is -3.00. The van der Waals surface area contributed by atoms with Crippen molar-refractivity contribution in [1.29, 1.82) is 0 Å². The van der Waals surface area contributed by atoms with Crippen molar-refractivity contribution in [1.82, 2.24) is 19.7 Å². The number of hydrogen-bond donors (Lipinski definition) is 0. The number of carbonyl (C=O) groups is 1. The molecule has 3 rings (SSSR count). The molecule has 1 amide bonds. The number of allylic oxidation sites excluding steroid dienone is 1. The fraction of sp³-hybridized carbons (Fsp3) is 0.250. The van der Waals surface area contributed by atoms with Gasteiger partial charge in [-0.05, 0) is 24.3 Å². The second-order valence-corrected chi connectivity index (χ2v) is 6.97. The minimum Gasteiger partial charge on any atom is -0.496 e. The molecule has 146 valence electrons. The molecule has 0 radical (unpaired) electrons. The van der Waals surface area contributed by atoms with Crippen LogP contribution in [0.15, 0.2) is 64.9 Å². The van der Waals surface area contributed by atoms with E-state index in [1.54, 1.807) is 37.5 Å². The minimum atomic E-state index is -0.0200. The molecule has 7 nitrogen and oxygen atoms in total. The van der Waals surface area contributed by atoms with E-state index >= 15 is 0 Å². The van der Waals surface area contributed by atoms with Gasteiger partial charge in [-0.3, -0.25) is 9.36 Å². The number of furan rings is 1. The monoisotopic (exact) mass is 398 g/mol. The molecular weight excluding hydrogens is 376 g/mol. The van der Waals surface area contributed by atoms with E-state index in [0.29, 0.717) is 29.8 Å². The van der Waals surface area contributed by atoms with Crippen LogP contribution in [0.4, 0.5) is 0 Å². The lowest BCUT2D eigenvalue weighted by molar-refractivity contribution is -0.127. The van der Waals surface area contributed by atoms with E-state index in [1.165, 1.54) is 11.8 Å². The molecule has 2 heterocycles. The first-order valence-corrected chi connectivity index (χ1v) is 9.69. The molecule has 0 aliphatic heterocycles. The molecule has 0 saturated heterocycles. The first-order valence-electron chi connectivity index (χ1n) is 8.70. The van der Waals surface area contributed by atoms with Gasteiger partial charge in [-0.25, -0.2) is 0 Å². The summed E-state index contributed by atoms with van der Waals surface area (Å²) in [4.78, 5) is 14.1. The zero-order chi connectivity index (χ0) is 19.9. The normalized spacial score (nSPS) is 10.6. The maximum atomic E-state index is 12.5. The summed E-state index contributed by atoms with van der Waals surface area (Å²) in [6, 6.07) is 11.3. The Morgan fingerprint density at radius 3 is 2.86 bits per heavy atom. The Labute approximate surface area is 168 Å². The number of amides is 1. The van der Waals surface area contributed by atoms with Crippen molar-refractivity contribution in [3.05, 3.63) is 61.1 Å². The van der Waals surface area contributed by atoms with Crippen molar-refractivity contribution < 1.29 is 13.9 Å². The van der Waals surface area contributed by atoms with Crippen molar-refractivity contribution in [3.63, 3.8) is 0 Å². The van der Waals surface area contributed by atoms with E-state index in [9.17, 15) is 4.79 Å². The lowest BCUT2D eigenvalue weighted by Crippen LogP contribution is -2.27. The SMILES string of the molecule is C=CCn1c(SCC(=O)N(C)Cc2ccco2)nnc1-c1ccccc1OC. The van der Waals surface area contributed by atoms with E-state index in [2.05, 4.69) is 16.8 Å². The van der Waals surface area contributed by atoms with Gasteiger partial charge in [-0.1, -0.05) is 30.0 Å². The zero-order valence-corrected chi connectivity index (χ0v) is 16.7. The Balaban J connectivity index is 1.74. The molecule has 2 aromatic heterocycles. The number of ether oxygens (including phenoxy) is 1. The number of nitrogens with zero attached hydrogens (tertiary/aromatic N) is 4. The summed E-state index contributed by atoms with van der Waals surface area (Å²) in [5.74, 6) is 2.36. The van der Waals surface area contributed by atoms with E-state index in [0.717, 1.165) is 11.3 Å². The number of thioether (sulfide) groups is 1. The predicted molar refractivity (Wildman–Crippen MR) is 108 cm³/mol. The molecule has 3 aromatic rings. The number of carbonyl (C=O) groups excluding carboxylic acids is 1. The van der Waals surface area contributed by atoms with Crippen molar-refractivity contribution >= 4 is 17.7 Å². The maximum Gasteiger partial charge on any atom is 0.233 e. The van der Waals surface area contributed by atoms with E-state index < -0.39 is 0 Å². The van der Waals surface area contributed by atoms with Gasteiger partial charge in [0.15, 0.2) is 11.0 Å². The van der Waals surface area contributed by atoms with Gasteiger partial charge in [0.2, 0.25) is 5.91 Å². The molecule has 0 spiro atoms. The van der Waals surface area contributed by atoms with Crippen LogP contribution < -0.4 is 4.74 Å². The molecule has 0 aliphatic rings. The zero-order valence-electron chi connectivity index (χ0n) is 15.9. The number of para-hydroxylation sites is 1. The van der Waals surface area contributed by atoms with Gasteiger partial charge < -0.3 is 14.1 Å². The summed E-state index contributed by atoms with van der Waals surface area (Å²) in [7, 11) is 3.37. The third-order valence-electron chi connectivity index (χ3n) is 4.10. The van der Waals surface area contributed by atoms with Crippen LogP contribution in [0, 0.1) is 0 Å². The summed E-state index contributed by atoms with van der Waals surface area (Å²) in [5, 5.41) is 9.25. The van der Waals surface area contributed by atoms with Crippen molar-refractivity contribution in [2.75, 3.05) is 19.9 Å². The van der Waals surface area contributed by atoms with Gasteiger partial charge in [0.05, 0.1) is 31.2 Å². The van der Waals surface area contributed by atoms with Crippen molar-refractivity contribution in [2.45, 2.75) is 18.2 Å². The van der Waals surface area contributed by atoms with Gasteiger partial charge in [0, 0.05) is 13.6 Å². The van der Waals surface area contributed by atoms with Gasteiger partial charge in [0.1, 0.15) is 11.5 Å². The average molecular weight is 398 g/mol. The smallest absolute Gasteiger partial charge is 0.233 e. The van der Waals surface area contributed by atoms with Crippen LogP contribution in [0.25, 0.3) is 11.4 Å². The van der Waals surface area contributed by atoms with E-state index in [1.807, 2.05) is 34.9 Å². The molecule has 0 unspecified atom stereocenters. The highest BCUT2D eigenvalue weighted by Crippen LogP contribution is 2.31. The molecule has 0 N–H and O–H groups in total. The fourth-order valence-electron chi connectivity index (χ4n) is 2.68. The lowest BCUT2D eigenvalue weighted by Gasteiger charge is -2.15. The first kappa shape index (κ1) is 19.8. The quantitative estimate of drug-likeness (QED) is 0.406. The van der Waals surface area contributed by atoms with Crippen molar-refractivity contribution in [3.8, 4) is 17.1 Å². The third-order valence-corrected chi connectivity index (χ3v) is 5.05. The fourth-order valence-corrected chi connectivity index (χ4v) is 3.57. The van der Waals surface area contributed by atoms with Crippen LogP contribution in [0.3, 0.4) is 0 Å². The summed E-state index contributed by atoms with van der Waals surface area (Å²) in [6.45, 7) is 4.77. The standard InChI is InChI=1S/C20H22N4O3S/c1-4-11-24-19(16-9-5-6-10-17(16)26-3)21-22-20(24)28-14-18(25)23(2)13-15-8-7-12-27-15/h4-10,12H,1,11,13-14H2,2-3H3. The molecule has 0 fully saturated rings. The van der Waals surface area contributed by atoms with Crippen LogP contribution in [0.5, 0.6) is 5.75 Å². The summed E-state index contributed by atoms with van der Waals surface area (Å²) < 4.78 is 12.7. The number of hydrogen-bond acceptors (Lipinski definition) is 6. The number of methoxy groups -OCH3 is 1. The second-order valence-electron chi connectivity index (χ2n) is 6.02. The molecule has 0 atom stereocenters. The number of rotatable bonds is 9. The molecular formula is C20H22N4O3S. The summed E-state index contributed by atoms with van der Waals surface area (Å²) >= 11 is 1.34. The average Bonchev–Trinajstić information content (AvgIpc) is 3.36. The highest BCUT2D eigenvalue weighted by molar-refractivity contribution is 7.99. The van der Waals surface area contributed by atoms with Crippen LogP contribution in [-0.2, 0) is 17.9 Å². The molecule has 1 aromatic carbocycles. The number of aromatic nitrogens is 3. The maximum absolute atomic E-state index is 12.5. The van der Waals surface area contributed by atoms with Crippen LogP contribution in [-0.4, -0.2) is 45.5 Å². The Morgan fingerprint density at radius 2 is 2.14 bits per heavy atom. The summed E-state index contributed by atoms with van der Waals surface area (Å²) in [6.07, 6.45) is 3.37. The number of benzene rings is 1. The van der Waals surface area contributed by atoms with Crippen LogP contribution >= 0.6 is 11.8 Å². The molecule has 8 heteroatoms. The Bertz CT molecular complexity index is 937. The topological polar surface area (TPSA) is 73.4 Å². The van der Waals surface area contributed by atoms with Gasteiger partial charge >= 0.3 is 0 Å². The molecule has 0 bridgehead atoms.